The Morgan fingerprint density at radius 2 is 2.00 bits per heavy atom. The second kappa shape index (κ2) is 8.04. The smallest absolute Gasteiger partial charge is 0.251 e. The van der Waals surface area contributed by atoms with Crippen LogP contribution in [0.3, 0.4) is 0 Å². The molecule has 2 fully saturated rings. The zero-order valence-corrected chi connectivity index (χ0v) is 16.2. The van der Waals surface area contributed by atoms with E-state index >= 15 is 0 Å². The van der Waals surface area contributed by atoms with E-state index in [0.29, 0.717) is 43.9 Å². The summed E-state index contributed by atoms with van der Waals surface area (Å²) < 4.78 is 33.0. The van der Waals surface area contributed by atoms with Crippen LogP contribution in [0.4, 0.5) is 0 Å². The molecule has 0 bridgehead atoms. The Balaban J connectivity index is 1.75. The van der Waals surface area contributed by atoms with Gasteiger partial charge < -0.3 is 15.0 Å². The Hall–Kier alpha value is -1.48. The fraction of sp³-hybridized carbons (Fsp3) is 0.611. The van der Waals surface area contributed by atoms with Crippen LogP contribution in [0.25, 0.3) is 0 Å². The number of hydrogen-bond acceptors (Lipinski definition) is 5. The molecule has 1 aromatic rings. The van der Waals surface area contributed by atoms with Gasteiger partial charge in [-0.15, -0.1) is 0 Å². The molecular formula is C18H27N3O4S. The van der Waals surface area contributed by atoms with Gasteiger partial charge in [-0.05, 0) is 44.5 Å². The lowest BCUT2D eigenvalue weighted by Gasteiger charge is -2.32. The zero-order chi connectivity index (χ0) is 18.7. The number of amides is 1. The second-order valence-electron chi connectivity index (χ2n) is 7.03. The highest BCUT2D eigenvalue weighted by Gasteiger charge is 2.29. The van der Waals surface area contributed by atoms with Crippen molar-refractivity contribution in [3.8, 4) is 0 Å². The minimum absolute atomic E-state index is 0.0536. The van der Waals surface area contributed by atoms with Gasteiger partial charge in [-0.25, -0.2) is 8.42 Å². The van der Waals surface area contributed by atoms with Gasteiger partial charge in [0.05, 0.1) is 11.0 Å². The molecule has 144 valence electrons. The monoisotopic (exact) mass is 381 g/mol. The molecule has 1 N–H and O–H groups in total. The Morgan fingerprint density at radius 1 is 1.27 bits per heavy atom. The number of aryl methyl sites for hydroxylation is 1. The van der Waals surface area contributed by atoms with Crippen LogP contribution in [0.2, 0.25) is 0 Å². The van der Waals surface area contributed by atoms with E-state index in [-0.39, 0.29) is 16.9 Å². The lowest BCUT2D eigenvalue weighted by atomic mass is 10.1. The van der Waals surface area contributed by atoms with Crippen molar-refractivity contribution in [3.63, 3.8) is 0 Å². The van der Waals surface area contributed by atoms with Crippen molar-refractivity contribution in [3.05, 3.63) is 29.3 Å². The van der Waals surface area contributed by atoms with Gasteiger partial charge in [0.15, 0.2) is 0 Å². The predicted molar refractivity (Wildman–Crippen MR) is 98.7 cm³/mol. The number of sulfonamides is 1. The number of likely N-dealkylation sites (N-methyl/N-ethyl adjacent to an activating group) is 1. The maximum atomic E-state index is 13.0. The fourth-order valence-corrected chi connectivity index (χ4v) is 4.97. The summed E-state index contributed by atoms with van der Waals surface area (Å²) >= 11 is 0. The normalized spacial score (nSPS) is 22.5. The highest BCUT2D eigenvalue weighted by Crippen LogP contribution is 2.22. The second-order valence-corrected chi connectivity index (χ2v) is 8.94. The number of nitrogens with one attached hydrogen (secondary N) is 1. The summed E-state index contributed by atoms with van der Waals surface area (Å²) in [6.07, 6.45) is 2.01. The van der Waals surface area contributed by atoms with Gasteiger partial charge in [-0.3, -0.25) is 4.79 Å². The van der Waals surface area contributed by atoms with Gasteiger partial charge in [0.2, 0.25) is 10.0 Å². The SMILES string of the molecule is Cc1ccc(C(=O)NCC2CCCO2)cc1S(=O)(=O)N1CCN(C)CC1. The van der Waals surface area contributed by atoms with E-state index < -0.39 is 10.0 Å². The molecule has 0 aromatic heterocycles. The molecule has 2 saturated heterocycles. The maximum Gasteiger partial charge on any atom is 0.251 e. The number of hydrogen-bond donors (Lipinski definition) is 1. The fourth-order valence-electron chi connectivity index (χ4n) is 3.30. The van der Waals surface area contributed by atoms with Crippen LogP contribution < -0.4 is 5.32 Å². The average Bonchev–Trinajstić information content (AvgIpc) is 3.14. The first-order chi connectivity index (χ1) is 12.4. The Kier molecular flexibility index (Phi) is 5.96. The van der Waals surface area contributed by atoms with Crippen LogP contribution in [-0.2, 0) is 14.8 Å². The van der Waals surface area contributed by atoms with Crippen LogP contribution >= 0.6 is 0 Å². The van der Waals surface area contributed by atoms with Gasteiger partial charge in [-0.2, -0.15) is 4.31 Å². The predicted octanol–water partition coefficient (Wildman–Crippen LogP) is 0.840. The first kappa shape index (κ1) is 19.3. The molecule has 0 radical (unpaired) electrons. The van der Waals surface area contributed by atoms with Gasteiger partial charge >= 0.3 is 0 Å². The molecule has 1 aromatic carbocycles. The summed E-state index contributed by atoms with van der Waals surface area (Å²) in [5.41, 5.74) is 1.01. The summed E-state index contributed by atoms with van der Waals surface area (Å²) in [7, 11) is -1.62. The molecule has 1 unspecified atom stereocenters. The lowest BCUT2D eigenvalue weighted by Crippen LogP contribution is -2.47. The van der Waals surface area contributed by atoms with E-state index in [2.05, 4.69) is 10.2 Å². The van der Waals surface area contributed by atoms with Gasteiger partial charge in [-0.1, -0.05) is 6.07 Å². The third-order valence-electron chi connectivity index (χ3n) is 5.04. The topological polar surface area (TPSA) is 78.9 Å². The van der Waals surface area contributed by atoms with Gasteiger partial charge in [0, 0.05) is 44.9 Å². The molecule has 7 nitrogen and oxygen atoms in total. The number of carbonyl (C=O) groups excluding carboxylic acids is 1. The molecule has 2 aliphatic heterocycles. The molecule has 8 heteroatoms. The van der Waals surface area contributed by atoms with Crippen LogP contribution in [0.15, 0.2) is 23.1 Å². The molecule has 0 aliphatic carbocycles. The summed E-state index contributed by atoms with van der Waals surface area (Å²) in [6, 6.07) is 4.86. The number of carbonyl (C=O) groups is 1. The van der Waals surface area contributed by atoms with Crippen LogP contribution in [0.1, 0.15) is 28.8 Å². The summed E-state index contributed by atoms with van der Waals surface area (Å²) in [5, 5.41) is 2.85. The number of ether oxygens (including phenoxy) is 1. The summed E-state index contributed by atoms with van der Waals surface area (Å²) in [6.45, 7) is 5.30. The average molecular weight is 381 g/mol. The number of piperazine rings is 1. The molecule has 1 amide bonds. The van der Waals surface area contributed by atoms with E-state index in [9.17, 15) is 13.2 Å². The Morgan fingerprint density at radius 3 is 2.65 bits per heavy atom. The largest absolute Gasteiger partial charge is 0.376 e. The molecule has 26 heavy (non-hydrogen) atoms. The maximum absolute atomic E-state index is 13.0. The van der Waals surface area contributed by atoms with Crippen molar-refractivity contribution in [1.29, 1.82) is 0 Å². The lowest BCUT2D eigenvalue weighted by molar-refractivity contribution is 0.0857. The standard InChI is InChI=1S/C18H27N3O4S/c1-14-5-6-15(18(22)19-13-16-4-3-11-25-16)12-17(14)26(23,24)21-9-7-20(2)8-10-21/h5-6,12,16H,3-4,7-11,13H2,1-2H3,(H,19,22). The van der Waals surface area contributed by atoms with E-state index in [1.54, 1.807) is 19.1 Å². The zero-order valence-electron chi connectivity index (χ0n) is 15.4. The Bertz CT molecular complexity index is 752. The van der Waals surface area contributed by atoms with Gasteiger partial charge in [0.1, 0.15) is 0 Å². The first-order valence-electron chi connectivity index (χ1n) is 9.07. The number of rotatable bonds is 5. The first-order valence-corrected chi connectivity index (χ1v) is 10.5. The van der Waals surface area contributed by atoms with Crippen LogP contribution in [-0.4, -0.2) is 76.0 Å². The van der Waals surface area contributed by atoms with Crippen LogP contribution in [0.5, 0.6) is 0 Å². The molecule has 1 atom stereocenters. The third-order valence-corrected chi connectivity index (χ3v) is 7.09. The number of benzene rings is 1. The van der Waals surface area contributed by atoms with Gasteiger partial charge in [0.25, 0.3) is 5.91 Å². The van der Waals surface area contributed by atoms with E-state index in [1.165, 1.54) is 10.4 Å². The van der Waals surface area contributed by atoms with Crippen molar-refractivity contribution >= 4 is 15.9 Å². The van der Waals surface area contributed by atoms with Crippen molar-refractivity contribution in [1.82, 2.24) is 14.5 Å². The van der Waals surface area contributed by atoms with E-state index in [0.717, 1.165) is 19.4 Å². The van der Waals surface area contributed by atoms with Crippen molar-refractivity contribution in [2.75, 3.05) is 46.4 Å². The molecule has 0 spiro atoms. The molecule has 2 heterocycles. The van der Waals surface area contributed by atoms with Crippen molar-refractivity contribution in [2.24, 2.45) is 0 Å². The molecule has 2 aliphatic rings. The van der Waals surface area contributed by atoms with Crippen molar-refractivity contribution < 1.29 is 17.9 Å². The Labute approximate surface area is 155 Å². The van der Waals surface area contributed by atoms with Crippen LogP contribution in [0, 0.1) is 6.92 Å². The summed E-state index contributed by atoms with van der Waals surface area (Å²) in [5.74, 6) is -0.268. The molecule has 3 rings (SSSR count). The number of nitrogens with zero attached hydrogens (tertiary/aromatic N) is 2. The summed E-state index contributed by atoms with van der Waals surface area (Å²) in [4.78, 5) is 14.7. The van der Waals surface area contributed by atoms with E-state index in [4.69, 9.17) is 4.74 Å². The quantitative estimate of drug-likeness (QED) is 0.818. The highest BCUT2D eigenvalue weighted by molar-refractivity contribution is 7.89. The minimum Gasteiger partial charge on any atom is -0.376 e. The molecular weight excluding hydrogens is 354 g/mol. The van der Waals surface area contributed by atoms with Crippen molar-refractivity contribution in [2.45, 2.75) is 30.8 Å². The van der Waals surface area contributed by atoms with E-state index in [1.807, 2.05) is 7.05 Å². The third kappa shape index (κ3) is 4.25. The molecule has 0 saturated carbocycles. The minimum atomic E-state index is -3.60. The highest BCUT2D eigenvalue weighted by atomic mass is 32.2.